The van der Waals surface area contributed by atoms with Gasteiger partial charge in [0.1, 0.15) is 0 Å². The number of carbonyl (C=O) groups excluding carboxylic acids is 2. The average Bonchev–Trinajstić information content (AvgIpc) is 2.61. The molecule has 0 fully saturated rings. The van der Waals surface area contributed by atoms with Gasteiger partial charge in [0.05, 0.1) is 15.4 Å². The second kappa shape index (κ2) is 7.96. The number of nitro benzene ring substituents is 1. The molecule has 1 amide bonds. The summed E-state index contributed by atoms with van der Waals surface area (Å²) in [5.74, 6) is -1.48. The van der Waals surface area contributed by atoms with E-state index in [1.807, 2.05) is 0 Å². The number of rotatable bonds is 6. The monoisotopic (exact) mass is 392 g/mol. The lowest BCUT2D eigenvalue weighted by atomic mass is 10.2. The molecule has 2 aromatic carbocycles. The first-order valence-electron chi connectivity index (χ1n) is 7.64. The Balaban J connectivity index is 2.02. The molecule has 0 saturated heterocycles. The van der Waals surface area contributed by atoms with Crippen molar-refractivity contribution in [2.75, 3.05) is 11.6 Å². The van der Waals surface area contributed by atoms with Gasteiger partial charge in [-0.2, -0.15) is 0 Å². The molecule has 0 heterocycles. The zero-order chi connectivity index (χ0) is 20.2. The third-order valence-corrected chi connectivity index (χ3v) is 4.62. The lowest BCUT2D eigenvalue weighted by Crippen LogP contribution is -2.30. The number of esters is 1. The van der Waals surface area contributed by atoms with Gasteiger partial charge >= 0.3 is 5.97 Å². The van der Waals surface area contributed by atoms with Gasteiger partial charge in [0.25, 0.3) is 11.6 Å². The van der Waals surface area contributed by atoms with Gasteiger partial charge < -0.3 is 10.1 Å². The minimum Gasteiger partial charge on any atom is -0.449 e. The van der Waals surface area contributed by atoms with Crippen LogP contribution in [0.15, 0.2) is 53.4 Å². The number of carbonyl (C=O) groups is 2. The van der Waals surface area contributed by atoms with Crippen LogP contribution in [0, 0.1) is 10.1 Å². The first-order valence-corrected chi connectivity index (χ1v) is 9.53. The van der Waals surface area contributed by atoms with Crippen molar-refractivity contribution in [3.05, 3.63) is 64.2 Å². The number of sulfone groups is 1. The van der Waals surface area contributed by atoms with Crippen molar-refractivity contribution in [1.82, 2.24) is 0 Å². The molecule has 10 heteroatoms. The highest BCUT2D eigenvalue weighted by atomic mass is 32.2. The van der Waals surface area contributed by atoms with Crippen LogP contribution in [-0.2, 0) is 19.4 Å². The third-order valence-electron chi connectivity index (χ3n) is 3.50. The number of benzene rings is 2. The number of nitro groups is 1. The summed E-state index contributed by atoms with van der Waals surface area (Å²) in [5, 5.41) is 13.2. The zero-order valence-corrected chi connectivity index (χ0v) is 15.2. The van der Waals surface area contributed by atoms with Gasteiger partial charge in [-0.25, -0.2) is 13.2 Å². The number of hydrogen-bond donors (Lipinski definition) is 1. The Labute approximate surface area is 155 Å². The largest absolute Gasteiger partial charge is 0.449 e. The van der Waals surface area contributed by atoms with E-state index in [0.717, 1.165) is 6.26 Å². The van der Waals surface area contributed by atoms with E-state index in [4.69, 9.17) is 4.74 Å². The number of anilines is 1. The van der Waals surface area contributed by atoms with E-state index in [9.17, 15) is 28.1 Å². The topological polar surface area (TPSA) is 133 Å². The Morgan fingerprint density at radius 3 is 2.33 bits per heavy atom. The molecule has 0 spiro atoms. The molecule has 27 heavy (non-hydrogen) atoms. The van der Waals surface area contributed by atoms with Crippen LogP contribution in [0.5, 0.6) is 0 Å². The predicted molar refractivity (Wildman–Crippen MR) is 96.2 cm³/mol. The van der Waals surface area contributed by atoms with Crippen molar-refractivity contribution in [3.63, 3.8) is 0 Å². The molecule has 0 aromatic heterocycles. The van der Waals surface area contributed by atoms with Gasteiger partial charge in [-0.15, -0.1) is 0 Å². The number of hydrogen-bond acceptors (Lipinski definition) is 7. The molecule has 2 aromatic rings. The van der Waals surface area contributed by atoms with Crippen LogP contribution in [0.2, 0.25) is 0 Å². The van der Waals surface area contributed by atoms with Gasteiger partial charge in [0, 0.05) is 24.1 Å². The van der Waals surface area contributed by atoms with E-state index in [2.05, 4.69) is 5.32 Å². The average molecular weight is 392 g/mol. The smallest absolute Gasteiger partial charge is 0.338 e. The van der Waals surface area contributed by atoms with Gasteiger partial charge in [-0.1, -0.05) is 6.07 Å². The molecular weight excluding hydrogens is 376 g/mol. The third kappa shape index (κ3) is 5.35. The fraction of sp³-hybridized carbons (Fsp3) is 0.176. The summed E-state index contributed by atoms with van der Waals surface area (Å²) in [6.45, 7) is 1.34. The first-order chi connectivity index (χ1) is 12.6. The van der Waals surface area contributed by atoms with Crippen molar-refractivity contribution in [2.45, 2.75) is 17.9 Å². The Hall–Kier alpha value is -3.27. The van der Waals surface area contributed by atoms with Gasteiger partial charge in [-0.05, 0) is 37.3 Å². The number of ether oxygens (including phenoxy) is 1. The molecule has 0 unspecified atom stereocenters. The molecule has 0 aliphatic carbocycles. The number of amides is 1. The summed E-state index contributed by atoms with van der Waals surface area (Å²) in [5.41, 5.74) is 0.0791. The normalized spacial score (nSPS) is 12.1. The van der Waals surface area contributed by atoms with E-state index >= 15 is 0 Å². The second-order valence-corrected chi connectivity index (χ2v) is 7.66. The van der Waals surface area contributed by atoms with E-state index in [-0.39, 0.29) is 21.8 Å². The van der Waals surface area contributed by atoms with E-state index in [1.165, 1.54) is 55.5 Å². The zero-order valence-electron chi connectivity index (χ0n) is 14.4. The van der Waals surface area contributed by atoms with Crippen LogP contribution in [0.3, 0.4) is 0 Å². The van der Waals surface area contributed by atoms with Crippen LogP contribution in [0.4, 0.5) is 11.4 Å². The highest BCUT2D eigenvalue weighted by Gasteiger charge is 2.20. The van der Waals surface area contributed by atoms with Crippen molar-refractivity contribution in [1.29, 1.82) is 0 Å². The van der Waals surface area contributed by atoms with Crippen molar-refractivity contribution < 1.29 is 27.7 Å². The van der Waals surface area contributed by atoms with E-state index in [1.54, 1.807) is 0 Å². The number of nitrogens with one attached hydrogen (secondary N) is 1. The number of non-ortho nitro benzene ring substituents is 1. The first kappa shape index (κ1) is 20.0. The molecule has 0 saturated carbocycles. The summed E-state index contributed by atoms with van der Waals surface area (Å²) in [7, 11) is -3.39. The van der Waals surface area contributed by atoms with Crippen LogP contribution >= 0.6 is 0 Å². The lowest BCUT2D eigenvalue weighted by molar-refractivity contribution is -0.384. The minimum absolute atomic E-state index is 0.0514. The summed E-state index contributed by atoms with van der Waals surface area (Å²) >= 11 is 0. The van der Waals surface area contributed by atoms with Gasteiger partial charge in [-0.3, -0.25) is 14.9 Å². The molecule has 9 nitrogen and oxygen atoms in total. The Morgan fingerprint density at radius 1 is 1.15 bits per heavy atom. The van der Waals surface area contributed by atoms with Crippen LogP contribution in [-0.4, -0.2) is 37.6 Å². The minimum atomic E-state index is -3.39. The summed E-state index contributed by atoms with van der Waals surface area (Å²) in [6.07, 6.45) is -0.132. The van der Waals surface area contributed by atoms with Gasteiger partial charge in [0.2, 0.25) is 0 Å². The SMILES string of the molecule is C[C@H](OC(=O)c1ccc(S(C)(=O)=O)cc1)C(=O)Nc1cccc([N+](=O)[O-])c1. The molecule has 0 radical (unpaired) electrons. The van der Waals surface area contributed by atoms with Crippen LogP contribution < -0.4 is 5.32 Å². The van der Waals surface area contributed by atoms with Crippen molar-refractivity contribution >= 4 is 33.1 Å². The van der Waals surface area contributed by atoms with Crippen LogP contribution in [0.25, 0.3) is 0 Å². The second-order valence-electron chi connectivity index (χ2n) is 5.64. The maximum absolute atomic E-state index is 12.1. The van der Waals surface area contributed by atoms with E-state index < -0.39 is 32.7 Å². The lowest BCUT2D eigenvalue weighted by Gasteiger charge is -2.13. The van der Waals surface area contributed by atoms with Crippen LogP contribution in [0.1, 0.15) is 17.3 Å². The summed E-state index contributed by atoms with van der Waals surface area (Å²) < 4.78 is 27.9. The molecule has 0 aliphatic rings. The van der Waals surface area contributed by atoms with Gasteiger partial charge in [0.15, 0.2) is 15.9 Å². The quantitative estimate of drug-likeness (QED) is 0.452. The molecule has 0 bridgehead atoms. The summed E-state index contributed by atoms with van der Waals surface area (Å²) in [6, 6.07) is 10.4. The Kier molecular flexibility index (Phi) is 5.91. The highest BCUT2D eigenvalue weighted by molar-refractivity contribution is 7.90. The maximum Gasteiger partial charge on any atom is 0.338 e. The van der Waals surface area contributed by atoms with E-state index in [0.29, 0.717) is 0 Å². The maximum atomic E-state index is 12.1. The summed E-state index contributed by atoms with van der Waals surface area (Å²) in [4.78, 5) is 34.4. The molecular formula is C17H16N2O7S. The van der Waals surface area contributed by atoms with Crippen molar-refractivity contribution in [3.8, 4) is 0 Å². The fourth-order valence-corrected chi connectivity index (χ4v) is 2.69. The predicted octanol–water partition coefficient (Wildman–Crippen LogP) is 2.18. The molecule has 2 rings (SSSR count). The highest BCUT2D eigenvalue weighted by Crippen LogP contribution is 2.18. The Morgan fingerprint density at radius 2 is 1.78 bits per heavy atom. The number of nitrogens with zero attached hydrogens (tertiary/aromatic N) is 1. The Bertz CT molecular complexity index is 985. The fourth-order valence-electron chi connectivity index (χ4n) is 2.06. The molecule has 1 atom stereocenters. The standard InChI is InChI=1S/C17H16N2O7S/c1-11(16(20)18-13-4-3-5-14(10-13)19(22)23)26-17(21)12-6-8-15(9-7-12)27(2,24)25/h3-11H,1-2H3,(H,18,20)/t11-/m0/s1. The molecule has 1 N–H and O–H groups in total. The molecule has 0 aliphatic heterocycles. The van der Waals surface area contributed by atoms with Crippen molar-refractivity contribution in [2.24, 2.45) is 0 Å². The molecule has 142 valence electrons.